The molecule has 1 aromatic carbocycles. The van der Waals surface area contributed by atoms with Crippen molar-refractivity contribution < 1.29 is 46.7 Å². The summed E-state index contributed by atoms with van der Waals surface area (Å²) in [5.41, 5.74) is 5.78. The van der Waals surface area contributed by atoms with E-state index >= 15 is 0 Å². The van der Waals surface area contributed by atoms with Crippen LogP contribution in [0.5, 0.6) is 5.75 Å². The standard InChI is InChI=1S/C29H38N3O9P/c1-19(28(34)37-21-12-6-4-7-13-21)31-42(35,41-22-14-8-5-9-15-22)36-18-23-24-25(40-29(2,3)39-24)27(38-23)32-16-10-11-20(17-32)26(30)33/h5,8-11,14-17,19,21,23-25,27H,4,6-7,12-13,18H2,1-3H3,(H2-,30,31,33,35)/p+1/t19-,23+,24?,25-,27+,42?/m0/s1. The van der Waals surface area contributed by atoms with Crippen LogP contribution in [-0.4, -0.2) is 54.7 Å². The summed E-state index contributed by atoms with van der Waals surface area (Å²) in [6.45, 7) is 4.92. The average Bonchev–Trinajstić information content (AvgIpc) is 3.45. The Morgan fingerprint density at radius 3 is 2.52 bits per heavy atom. The molecule has 5 rings (SSSR count). The van der Waals surface area contributed by atoms with E-state index in [-0.39, 0.29) is 12.7 Å². The Bertz CT molecular complexity index is 1300. The molecule has 2 aromatic rings. The number of primary amides is 1. The number of benzene rings is 1. The second-order valence-electron chi connectivity index (χ2n) is 11.3. The summed E-state index contributed by atoms with van der Waals surface area (Å²) in [5.74, 6) is -1.73. The number of fused-ring (bicyclic) bond motifs is 1. The van der Waals surface area contributed by atoms with E-state index in [2.05, 4.69) is 5.09 Å². The summed E-state index contributed by atoms with van der Waals surface area (Å²) in [5, 5.41) is 2.75. The lowest BCUT2D eigenvalue weighted by Crippen LogP contribution is -2.46. The van der Waals surface area contributed by atoms with Gasteiger partial charge in [-0.25, -0.2) is 4.57 Å². The van der Waals surface area contributed by atoms with Crippen LogP contribution in [0.15, 0.2) is 54.9 Å². The molecule has 3 N–H and O–H groups in total. The van der Waals surface area contributed by atoms with E-state index in [1.165, 1.54) is 0 Å². The van der Waals surface area contributed by atoms with Crippen LogP contribution >= 0.6 is 7.75 Å². The SMILES string of the molecule is C[C@H](NP(=O)(OC[C@H]1O[C@@H]([n+]2cccc(C(N)=O)c2)[C@H]2OC(C)(C)OC12)Oc1ccccc1)C(=O)OC1CCCCC1. The molecule has 1 saturated carbocycles. The third-order valence-electron chi connectivity index (χ3n) is 7.44. The molecule has 1 aliphatic carbocycles. The number of pyridine rings is 1. The van der Waals surface area contributed by atoms with Gasteiger partial charge >= 0.3 is 13.7 Å². The normalized spacial score (nSPS) is 27.5. The van der Waals surface area contributed by atoms with Crippen molar-refractivity contribution in [2.45, 2.75) is 95.3 Å². The fourth-order valence-corrected chi connectivity index (χ4v) is 6.95. The average molecular weight is 605 g/mol. The number of carbonyl (C=O) groups excluding carboxylic acids is 2. The Balaban J connectivity index is 1.32. The zero-order valence-corrected chi connectivity index (χ0v) is 24.9. The summed E-state index contributed by atoms with van der Waals surface area (Å²) in [4.78, 5) is 24.7. The highest BCUT2D eigenvalue weighted by atomic mass is 31.2. The fourth-order valence-electron chi connectivity index (χ4n) is 5.45. The molecule has 3 fully saturated rings. The maximum absolute atomic E-state index is 14.1. The van der Waals surface area contributed by atoms with E-state index in [1.54, 1.807) is 80.2 Å². The quantitative estimate of drug-likeness (QED) is 0.222. The van der Waals surface area contributed by atoms with Gasteiger partial charge in [0.25, 0.3) is 12.1 Å². The first-order valence-corrected chi connectivity index (χ1v) is 15.9. The molecule has 0 bridgehead atoms. The third-order valence-corrected chi connectivity index (χ3v) is 9.09. The van der Waals surface area contributed by atoms with E-state index in [0.29, 0.717) is 11.3 Å². The monoisotopic (exact) mass is 604 g/mol. The van der Waals surface area contributed by atoms with Gasteiger partial charge in [0.05, 0.1) is 6.61 Å². The molecule has 13 heteroatoms. The van der Waals surface area contributed by atoms with Crippen LogP contribution in [0.25, 0.3) is 0 Å². The second kappa shape index (κ2) is 12.8. The van der Waals surface area contributed by atoms with Crippen molar-refractivity contribution >= 4 is 19.6 Å². The molecule has 2 unspecified atom stereocenters. The van der Waals surface area contributed by atoms with Crippen LogP contribution in [0.1, 0.15) is 69.5 Å². The van der Waals surface area contributed by atoms with Crippen molar-refractivity contribution in [3.8, 4) is 5.75 Å². The Morgan fingerprint density at radius 1 is 1.10 bits per heavy atom. The molecule has 3 heterocycles. The first-order chi connectivity index (χ1) is 20.0. The van der Waals surface area contributed by atoms with Crippen LogP contribution in [0, 0.1) is 0 Å². The van der Waals surface area contributed by atoms with Crippen LogP contribution < -0.4 is 19.9 Å². The van der Waals surface area contributed by atoms with E-state index in [9.17, 15) is 14.2 Å². The molecule has 0 spiro atoms. The molecule has 1 amide bonds. The predicted molar refractivity (Wildman–Crippen MR) is 149 cm³/mol. The van der Waals surface area contributed by atoms with Gasteiger partial charge in [-0.3, -0.25) is 14.1 Å². The summed E-state index contributed by atoms with van der Waals surface area (Å²) in [6, 6.07) is 10.9. The first kappa shape index (κ1) is 30.6. The molecular formula is C29H39N3O9P+. The minimum Gasteiger partial charge on any atom is -0.461 e. The number of esters is 1. The molecule has 2 aliphatic heterocycles. The lowest BCUT2D eigenvalue weighted by Gasteiger charge is -2.27. The molecule has 1 aromatic heterocycles. The highest BCUT2D eigenvalue weighted by Crippen LogP contribution is 2.47. The Labute approximate surface area is 245 Å². The van der Waals surface area contributed by atoms with E-state index in [0.717, 1.165) is 32.1 Å². The van der Waals surface area contributed by atoms with Crippen molar-refractivity contribution in [1.29, 1.82) is 0 Å². The number of rotatable bonds is 11. The van der Waals surface area contributed by atoms with Crippen LogP contribution in [-0.2, 0) is 32.8 Å². The number of aromatic nitrogens is 1. The number of ether oxygens (including phenoxy) is 4. The smallest absolute Gasteiger partial charge is 0.459 e. The Kier molecular flexibility index (Phi) is 9.31. The summed E-state index contributed by atoms with van der Waals surface area (Å²) >= 11 is 0. The lowest BCUT2D eigenvalue weighted by atomic mass is 9.98. The number of amides is 1. The van der Waals surface area contributed by atoms with Gasteiger partial charge in [0.2, 0.25) is 0 Å². The van der Waals surface area contributed by atoms with E-state index in [4.69, 9.17) is 33.7 Å². The summed E-state index contributed by atoms with van der Waals surface area (Å²) in [7, 11) is -4.13. The van der Waals surface area contributed by atoms with Crippen molar-refractivity contribution in [2.24, 2.45) is 5.73 Å². The highest BCUT2D eigenvalue weighted by molar-refractivity contribution is 7.52. The maximum Gasteiger partial charge on any atom is 0.459 e. The molecule has 228 valence electrons. The molecule has 12 nitrogen and oxygen atoms in total. The van der Waals surface area contributed by atoms with Crippen LogP contribution in [0.3, 0.4) is 0 Å². The van der Waals surface area contributed by atoms with Gasteiger partial charge in [-0.2, -0.15) is 9.65 Å². The minimum absolute atomic E-state index is 0.153. The van der Waals surface area contributed by atoms with Gasteiger partial charge in [0.15, 0.2) is 24.3 Å². The van der Waals surface area contributed by atoms with E-state index < -0.39 is 56.0 Å². The molecule has 6 atom stereocenters. The van der Waals surface area contributed by atoms with Crippen molar-refractivity contribution in [2.75, 3.05) is 6.61 Å². The summed E-state index contributed by atoms with van der Waals surface area (Å²) < 4.78 is 51.7. The van der Waals surface area contributed by atoms with Crippen molar-refractivity contribution in [3.05, 3.63) is 60.4 Å². The van der Waals surface area contributed by atoms with Crippen molar-refractivity contribution in [3.63, 3.8) is 0 Å². The third kappa shape index (κ3) is 7.37. The number of hydrogen-bond acceptors (Lipinski definition) is 9. The number of nitrogens with zero attached hydrogens (tertiary/aromatic N) is 1. The number of hydrogen-bond donors (Lipinski definition) is 2. The topological polar surface area (TPSA) is 149 Å². The second-order valence-corrected chi connectivity index (χ2v) is 13.0. The van der Waals surface area contributed by atoms with Crippen LogP contribution in [0.4, 0.5) is 0 Å². The lowest BCUT2D eigenvalue weighted by molar-refractivity contribution is -0.766. The first-order valence-electron chi connectivity index (χ1n) is 14.3. The molecule has 3 aliphatic rings. The Morgan fingerprint density at radius 2 is 1.81 bits per heavy atom. The van der Waals surface area contributed by atoms with E-state index in [1.807, 2.05) is 0 Å². The van der Waals surface area contributed by atoms with Crippen molar-refractivity contribution in [1.82, 2.24) is 5.09 Å². The van der Waals surface area contributed by atoms with Gasteiger partial charge < -0.3 is 29.2 Å². The number of para-hydroxylation sites is 1. The highest BCUT2D eigenvalue weighted by Gasteiger charge is 2.59. The van der Waals surface area contributed by atoms with Gasteiger partial charge in [0, 0.05) is 6.07 Å². The fraction of sp³-hybridized carbons (Fsp3) is 0.552. The molecule has 42 heavy (non-hydrogen) atoms. The Hall–Kier alpha value is -2.86. The maximum atomic E-state index is 14.1. The number of nitrogens with one attached hydrogen (secondary N) is 1. The largest absolute Gasteiger partial charge is 0.461 e. The van der Waals surface area contributed by atoms with Gasteiger partial charge in [-0.15, -0.1) is 0 Å². The minimum atomic E-state index is -4.13. The zero-order chi connectivity index (χ0) is 29.9. The van der Waals surface area contributed by atoms with Crippen LogP contribution in [0.2, 0.25) is 0 Å². The summed E-state index contributed by atoms with van der Waals surface area (Å²) in [6.07, 6.45) is 5.37. The molecule has 0 radical (unpaired) electrons. The van der Waals surface area contributed by atoms with Gasteiger partial charge in [0.1, 0.15) is 35.7 Å². The molecule has 2 saturated heterocycles. The predicted octanol–water partition coefficient (Wildman–Crippen LogP) is 3.55. The number of nitrogens with two attached hydrogens (primary N) is 1. The number of carbonyl (C=O) groups is 2. The van der Waals surface area contributed by atoms with Gasteiger partial charge in [-0.1, -0.05) is 24.6 Å². The van der Waals surface area contributed by atoms with Gasteiger partial charge in [-0.05, 0) is 64.7 Å². The molecular weight excluding hydrogens is 565 g/mol. The zero-order valence-electron chi connectivity index (χ0n) is 24.0.